The molecule has 1 aliphatic rings. The number of ether oxygens (including phenoxy) is 2. The van der Waals surface area contributed by atoms with E-state index >= 15 is 0 Å². The number of carbonyl (C=O) groups is 2. The highest BCUT2D eigenvalue weighted by Gasteiger charge is 2.39. The molecule has 6 rings (SSSR count). The van der Waals surface area contributed by atoms with Crippen LogP contribution in [0.5, 0.6) is 5.75 Å². The Balaban J connectivity index is 1.18. The van der Waals surface area contributed by atoms with E-state index in [1.165, 1.54) is 4.90 Å². The normalized spacial score (nSPS) is 15.2. The first-order chi connectivity index (χ1) is 21.5. The maximum Gasteiger partial charge on any atom is 0.416 e. The van der Waals surface area contributed by atoms with E-state index in [2.05, 4.69) is 0 Å². The molecule has 0 spiro atoms. The molecular weight excluding hydrogens is 574 g/mol. The minimum Gasteiger partial charge on any atom is -0.493 e. The van der Waals surface area contributed by atoms with Gasteiger partial charge in [-0.3, -0.25) is 4.79 Å². The SMILES string of the molecule is C[C@@H](CCOc1ccccc1-c1cc(-c2ccccc2Cl)n(-c2ccccc2)n1)C(=O)N1C(=O)OC[C@@H]1Cc1ccccc1. The van der Waals surface area contributed by atoms with Crippen LogP contribution in [-0.2, 0) is 16.0 Å². The topological polar surface area (TPSA) is 73.7 Å². The fourth-order valence-corrected chi connectivity index (χ4v) is 5.65. The van der Waals surface area contributed by atoms with E-state index in [1.54, 1.807) is 0 Å². The van der Waals surface area contributed by atoms with Crippen molar-refractivity contribution in [1.82, 2.24) is 14.7 Å². The third-order valence-electron chi connectivity index (χ3n) is 7.77. The summed E-state index contributed by atoms with van der Waals surface area (Å²) in [5.41, 5.74) is 5.23. The molecule has 44 heavy (non-hydrogen) atoms. The maximum absolute atomic E-state index is 13.4. The summed E-state index contributed by atoms with van der Waals surface area (Å²) >= 11 is 6.61. The number of hydrogen-bond donors (Lipinski definition) is 0. The minimum atomic E-state index is -0.586. The van der Waals surface area contributed by atoms with Gasteiger partial charge in [0.05, 0.1) is 29.7 Å². The number of amides is 2. The molecule has 222 valence electrons. The Bertz CT molecular complexity index is 1760. The molecule has 1 saturated heterocycles. The summed E-state index contributed by atoms with van der Waals surface area (Å²) < 4.78 is 13.4. The van der Waals surface area contributed by atoms with Crippen LogP contribution in [-0.4, -0.2) is 45.9 Å². The van der Waals surface area contributed by atoms with E-state index in [4.69, 9.17) is 26.2 Å². The first kappa shape index (κ1) is 29.2. The molecule has 0 aliphatic carbocycles. The van der Waals surface area contributed by atoms with Crippen LogP contribution in [0.3, 0.4) is 0 Å². The molecule has 2 heterocycles. The Morgan fingerprint density at radius 3 is 2.34 bits per heavy atom. The summed E-state index contributed by atoms with van der Waals surface area (Å²) in [4.78, 5) is 27.2. The highest BCUT2D eigenvalue weighted by Crippen LogP contribution is 2.36. The van der Waals surface area contributed by atoms with Crippen LogP contribution in [0.1, 0.15) is 18.9 Å². The van der Waals surface area contributed by atoms with E-state index in [-0.39, 0.29) is 25.2 Å². The van der Waals surface area contributed by atoms with Gasteiger partial charge in [-0.05, 0) is 54.8 Å². The average molecular weight is 606 g/mol. The molecule has 1 fully saturated rings. The van der Waals surface area contributed by atoms with Crippen molar-refractivity contribution >= 4 is 23.6 Å². The zero-order valence-corrected chi connectivity index (χ0v) is 25.1. The molecule has 1 aliphatic heterocycles. The smallest absolute Gasteiger partial charge is 0.416 e. The van der Waals surface area contributed by atoms with Gasteiger partial charge < -0.3 is 9.47 Å². The number of aromatic nitrogens is 2. The zero-order chi connectivity index (χ0) is 30.5. The zero-order valence-electron chi connectivity index (χ0n) is 24.3. The lowest BCUT2D eigenvalue weighted by molar-refractivity contribution is -0.133. The summed E-state index contributed by atoms with van der Waals surface area (Å²) in [7, 11) is 0. The van der Waals surface area contributed by atoms with Crippen molar-refractivity contribution in [3.05, 3.63) is 126 Å². The molecule has 7 nitrogen and oxygen atoms in total. The molecule has 0 saturated carbocycles. The molecule has 0 N–H and O–H groups in total. The molecule has 4 aromatic carbocycles. The molecule has 1 aromatic heterocycles. The van der Waals surface area contributed by atoms with Crippen LogP contribution in [0.4, 0.5) is 4.79 Å². The molecule has 0 radical (unpaired) electrons. The lowest BCUT2D eigenvalue weighted by Gasteiger charge is -2.23. The highest BCUT2D eigenvalue weighted by atomic mass is 35.5. The minimum absolute atomic E-state index is 0.196. The van der Waals surface area contributed by atoms with Gasteiger partial charge in [0.1, 0.15) is 12.4 Å². The molecular formula is C36H32ClN3O4. The first-order valence-electron chi connectivity index (χ1n) is 14.7. The Labute approximate surface area is 261 Å². The molecule has 0 unspecified atom stereocenters. The number of rotatable bonds is 10. The van der Waals surface area contributed by atoms with Crippen LogP contribution in [0.2, 0.25) is 5.02 Å². The summed E-state index contributed by atoms with van der Waals surface area (Å²) in [6, 6.07) is 36.8. The van der Waals surface area contributed by atoms with Crippen molar-refractivity contribution in [3.8, 4) is 34.0 Å². The Morgan fingerprint density at radius 1 is 0.932 bits per heavy atom. The van der Waals surface area contributed by atoms with Gasteiger partial charge >= 0.3 is 6.09 Å². The number of nitrogens with zero attached hydrogens (tertiary/aromatic N) is 3. The highest BCUT2D eigenvalue weighted by molar-refractivity contribution is 6.33. The third-order valence-corrected chi connectivity index (χ3v) is 8.10. The van der Waals surface area contributed by atoms with Crippen molar-refractivity contribution < 1.29 is 19.1 Å². The van der Waals surface area contributed by atoms with Crippen molar-refractivity contribution in [2.75, 3.05) is 13.2 Å². The quantitative estimate of drug-likeness (QED) is 0.162. The maximum atomic E-state index is 13.4. The summed E-state index contributed by atoms with van der Waals surface area (Å²) in [5, 5.41) is 5.60. The molecule has 5 aromatic rings. The van der Waals surface area contributed by atoms with Crippen LogP contribution >= 0.6 is 11.6 Å². The number of benzene rings is 4. The lowest BCUT2D eigenvalue weighted by Crippen LogP contribution is -2.43. The van der Waals surface area contributed by atoms with Crippen LogP contribution in [0.25, 0.3) is 28.2 Å². The van der Waals surface area contributed by atoms with Crippen molar-refractivity contribution in [1.29, 1.82) is 0 Å². The lowest BCUT2D eigenvalue weighted by atomic mass is 10.0. The summed E-state index contributed by atoms with van der Waals surface area (Å²) in [6.45, 7) is 2.30. The predicted molar refractivity (Wildman–Crippen MR) is 171 cm³/mol. The molecule has 8 heteroatoms. The van der Waals surface area contributed by atoms with E-state index in [0.717, 1.165) is 33.8 Å². The Kier molecular flexibility index (Phi) is 8.75. The van der Waals surface area contributed by atoms with E-state index in [1.807, 2.05) is 127 Å². The number of imide groups is 1. The van der Waals surface area contributed by atoms with Crippen LogP contribution in [0.15, 0.2) is 115 Å². The monoisotopic (exact) mass is 605 g/mol. The predicted octanol–water partition coefficient (Wildman–Crippen LogP) is 7.85. The van der Waals surface area contributed by atoms with Crippen molar-refractivity contribution in [2.24, 2.45) is 5.92 Å². The van der Waals surface area contributed by atoms with Gasteiger partial charge in [-0.25, -0.2) is 14.4 Å². The van der Waals surface area contributed by atoms with Gasteiger partial charge in [-0.2, -0.15) is 5.10 Å². The first-order valence-corrected chi connectivity index (χ1v) is 15.0. The number of halogens is 1. The summed E-state index contributed by atoms with van der Waals surface area (Å²) in [5.74, 6) is -0.0374. The second-order valence-electron chi connectivity index (χ2n) is 10.8. The fraction of sp³-hybridized carbons (Fsp3) is 0.194. The largest absolute Gasteiger partial charge is 0.493 e. The Morgan fingerprint density at radius 2 is 1.59 bits per heavy atom. The number of carbonyl (C=O) groups excluding carboxylic acids is 2. The molecule has 2 atom stereocenters. The van der Waals surface area contributed by atoms with Gasteiger partial charge in [0.15, 0.2) is 0 Å². The van der Waals surface area contributed by atoms with Gasteiger partial charge in [-0.1, -0.05) is 97.4 Å². The standard InChI is InChI=1S/C36H32ClN3O4/c1-25(35(41)39-28(24-44-36(39)42)22-26-12-4-2-5-13-26)20-21-43-34-19-11-9-17-30(34)32-23-33(29-16-8-10-18-31(29)37)40(38-32)27-14-6-3-7-15-27/h2-19,23,25,28H,20-22,24H2,1H3/t25-,28-/m0/s1. The fourth-order valence-electron chi connectivity index (χ4n) is 5.42. The number of hydrogen-bond acceptors (Lipinski definition) is 5. The Hall–Kier alpha value is -4.88. The second-order valence-corrected chi connectivity index (χ2v) is 11.2. The van der Waals surface area contributed by atoms with Crippen LogP contribution < -0.4 is 4.74 Å². The van der Waals surface area contributed by atoms with Crippen molar-refractivity contribution in [3.63, 3.8) is 0 Å². The van der Waals surface area contributed by atoms with Crippen molar-refractivity contribution in [2.45, 2.75) is 25.8 Å². The number of para-hydroxylation sites is 2. The van der Waals surface area contributed by atoms with E-state index < -0.39 is 12.0 Å². The van der Waals surface area contributed by atoms with E-state index in [0.29, 0.717) is 23.6 Å². The van der Waals surface area contributed by atoms with E-state index in [9.17, 15) is 9.59 Å². The molecule has 2 amide bonds. The average Bonchev–Trinajstić information content (AvgIpc) is 3.65. The van der Waals surface area contributed by atoms with Crippen LogP contribution in [0, 0.1) is 5.92 Å². The van der Waals surface area contributed by atoms with Gasteiger partial charge in [0.25, 0.3) is 0 Å². The number of cyclic esters (lactones) is 1. The second kappa shape index (κ2) is 13.2. The van der Waals surface area contributed by atoms with Gasteiger partial charge in [-0.15, -0.1) is 0 Å². The van der Waals surface area contributed by atoms with Gasteiger partial charge in [0.2, 0.25) is 5.91 Å². The summed E-state index contributed by atoms with van der Waals surface area (Å²) in [6.07, 6.45) is 0.399. The third kappa shape index (κ3) is 6.24. The van der Waals surface area contributed by atoms with Gasteiger partial charge in [0, 0.05) is 22.1 Å². The molecule has 0 bridgehead atoms.